The number of carbonyl (C=O) groups is 13. The van der Waals surface area contributed by atoms with Gasteiger partial charge in [-0.05, 0) is 86.6 Å². The summed E-state index contributed by atoms with van der Waals surface area (Å²) in [4.78, 5) is 191. The summed E-state index contributed by atoms with van der Waals surface area (Å²) in [6.45, 7) is 17.6. The van der Waals surface area contributed by atoms with Crippen molar-refractivity contribution in [2.75, 3.05) is 48.8 Å². The molecule has 586 valence electrons. The lowest BCUT2D eigenvalue weighted by atomic mass is 9.96. The predicted octanol–water partition coefficient (Wildman–Crippen LogP) is 3.67. The Morgan fingerprint density at radius 2 is 0.850 bits per heavy atom. The van der Waals surface area contributed by atoms with Crippen LogP contribution >= 0.6 is 12.0 Å². The molecule has 4 aromatic carbocycles. The van der Waals surface area contributed by atoms with Crippen molar-refractivity contribution in [1.82, 2.24) is 61.7 Å². The third-order valence-corrected chi connectivity index (χ3v) is 19.2. The van der Waals surface area contributed by atoms with Crippen LogP contribution in [0.25, 0.3) is 0 Å². The van der Waals surface area contributed by atoms with Crippen LogP contribution in [0, 0.1) is 23.7 Å². The first-order valence-corrected chi connectivity index (χ1v) is 37.0. The number of carboxylic acids is 1. The molecule has 11 amide bonds. The van der Waals surface area contributed by atoms with Crippen molar-refractivity contribution in [2.24, 2.45) is 23.7 Å². The van der Waals surface area contributed by atoms with Gasteiger partial charge in [-0.2, -0.15) is 0 Å². The number of nitrogens with zero attached hydrogens (tertiary/aromatic N) is 5. The second-order valence-corrected chi connectivity index (χ2v) is 29.4. The number of nitrogens with one attached hydrogen (secondary N) is 7. The summed E-state index contributed by atoms with van der Waals surface area (Å²) in [5, 5.41) is 39.8. The number of hydrogen-bond donors (Lipinski definition) is 9. The fourth-order valence-electron chi connectivity index (χ4n) is 11.9. The summed E-state index contributed by atoms with van der Waals surface area (Å²) in [5.41, 5.74) is 2.55. The average molecular weight is 1510 g/mol. The molecule has 0 aliphatic carbocycles. The number of aliphatic hydroxyl groups excluding tert-OH is 1. The van der Waals surface area contributed by atoms with Gasteiger partial charge in [0, 0.05) is 54.5 Å². The highest BCUT2D eigenvalue weighted by atomic mass is 32.2. The van der Waals surface area contributed by atoms with Gasteiger partial charge in [0.05, 0.1) is 42.9 Å². The number of likely N-dealkylation sites (N-methyl/N-ethyl adjacent to an activating group) is 6. The normalized spacial score (nSPS) is 14.7. The zero-order valence-corrected chi connectivity index (χ0v) is 65.5. The van der Waals surface area contributed by atoms with Gasteiger partial charge in [0.25, 0.3) is 0 Å². The first-order valence-electron chi connectivity index (χ1n) is 36.1. The van der Waals surface area contributed by atoms with Gasteiger partial charge in [-0.3, -0.25) is 62.3 Å². The molecule has 0 spiro atoms. The maximum Gasteiger partial charge on any atom is 0.325 e. The van der Waals surface area contributed by atoms with E-state index in [9.17, 15) is 58.2 Å². The van der Waals surface area contributed by atoms with Gasteiger partial charge in [-0.15, -0.1) is 0 Å². The minimum Gasteiger partial charge on any atom is -0.480 e. The molecule has 0 aliphatic rings. The molecular formula is C78H112N12O16S. The Kier molecular flexibility index (Phi) is 36.7. The minimum absolute atomic E-state index is 0.0570. The molecule has 0 radical (unpaired) electrons. The lowest BCUT2D eigenvalue weighted by Gasteiger charge is -2.37. The standard InChI is InChI=1S/C78H112N12O16S/c1-46(2)38-59(88(15)76(102)65(48(5)6)84-68(94)50(9)79-12)72(98)85-66(52(11)91)77(103)89(16)60(41-54-32-24-19-25-33-54)70(96)80-44-63(92)86(13)62(39-47(3)4)75(101)90(17)67(49(7)8)73(99)82-57(40-53-30-22-18-23-31-53)69(95)83-58(43-64(93)106-107-45-56-36-28-21-29-37-56)74(100)87(14)61(42-55-34-26-20-27-35-55)71(97)81-51(10)78(104)105/h18-37,46-52,57-62,65-67,79,91H,38-45H2,1-17H3,(H,80,96)(H,81,97)(H,82,99)(H,83,95)(H,84,94)(H,85,98)(H,104,105)/t50-,51-,52+,57-,58-,59-,60-,61-,62-,65-,66-,67-/m0/s1. The van der Waals surface area contributed by atoms with Gasteiger partial charge in [0.2, 0.25) is 65.0 Å². The molecule has 0 fully saturated rings. The molecule has 0 heterocycles. The quantitative estimate of drug-likeness (QED) is 0.0286. The van der Waals surface area contributed by atoms with Gasteiger partial charge in [-0.25, -0.2) is 0 Å². The topological polar surface area (TPSA) is 372 Å². The van der Waals surface area contributed by atoms with Gasteiger partial charge in [-0.1, -0.05) is 177 Å². The van der Waals surface area contributed by atoms with E-state index < -0.39 is 174 Å². The minimum atomic E-state index is -1.75. The lowest BCUT2D eigenvalue weighted by Crippen LogP contribution is -2.62. The monoisotopic (exact) mass is 1500 g/mol. The zero-order chi connectivity index (χ0) is 80.1. The Morgan fingerprint density at radius 1 is 0.421 bits per heavy atom. The van der Waals surface area contributed by atoms with Gasteiger partial charge in [0.1, 0.15) is 60.4 Å². The number of carboxylic acid groups (broad SMARTS) is 1. The molecule has 9 N–H and O–H groups in total. The molecule has 0 aromatic heterocycles. The van der Waals surface area contributed by atoms with E-state index in [0.29, 0.717) is 16.7 Å². The van der Waals surface area contributed by atoms with E-state index in [-0.39, 0.29) is 49.7 Å². The Labute approximate surface area is 633 Å². The molecule has 0 saturated carbocycles. The Bertz CT molecular complexity index is 3610. The molecule has 0 bridgehead atoms. The molecule has 0 unspecified atom stereocenters. The van der Waals surface area contributed by atoms with E-state index in [0.717, 1.165) is 32.3 Å². The van der Waals surface area contributed by atoms with Crippen molar-refractivity contribution in [3.8, 4) is 0 Å². The highest BCUT2D eigenvalue weighted by Crippen LogP contribution is 2.23. The van der Waals surface area contributed by atoms with Crippen LogP contribution in [0.5, 0.6) is 0 Å². The molecule has 28 nitrogen and oxygen atoms in total. The van der Waals surface area contributed by atoms with Gasteiger partial charge >= 0.3 is 11.9 Å². The number of amides is 11. The van der Waals surface area contributed by atoms with E-state index in [4.69, 9.17) is 4.18 Å². The van der Waals surface area contributed by atoms with E-state index in [2.05, 4.69) is 37.2 Å². The maximum atomic E-state index is 15.1. The number of carbonyl (C=O) groups excluding carboxylic acids is 12. The van der Waals surface area contributed by atoms with Crippen molar-refractivity contribution >= 4 is 89.0 Å². The molecule has 107 heavy (non-hydrogen) atoms. The highest BCUT2D eigenvalue weighted by Gasteiger charge is 2.43. The SMILES string of the molecule is CN[C@@H](C)C(=O)N[C@H](C(=O)N(C)[C@@H](CC(C)C)C(=O)N[C@H](C(=O)N(C)[C@@H](Cc1ccccc1)C(=O)NCC(=O)N(C)[C@@H](CC(C)C)C(=O)N(C)[C@H](C(=O)N[C@@H](Cc1ccccc1)C(=O)N[C@@H](CC(=O)OSCc1ccccc1)C(=O)N(C)[C@@H](Cc1ccccc1)C(=O)N[C@@H](C)C(=O)O)C(C)C)[C@@H](C)O)C(C)C. The van der Waals surface area contributed by atoms with Gasteiger partial charge < -0.3 is 76.1 Å². The first kappa shape index (κ1) is 89.7. The summed E-state index contributed by atoms with van der Waals surface area (Å²) >= 11 is 0.790. The number of benzene rings is 4. The Balaban J connectivity index is 1.65. The predicted molar refractivity (Wildman–Crippen MR) is 406 cm³/mol. The number of aliphatic hydroxyl groups is 1. The number of rotatable bonds is 42. The van der Waals surface area contributed by atoms with E-state index in [1.165, 1.54) is 58.9 Å². The Morgan fingerprint density at radius 3 is 1.32 bits per heavy atom. The maximum absolute atomic E-state index is 15.1. The van der Waals surface area contributed by atoms with Crippen molar-refractivity contribution in [3.63, 3.8) is 0 Å². The number of aliphatic carboxylic acids is 1. The largest absolute Gasteiger partial charge is 0.480 e. The van der Waals surface area contributed by atoms with Crippen molar-refractivity contribution in [1.29, 1.82) is 0 Å². The fraction of sp³-hybridized carbons (Fsp3) is 0.526. The van der Waals surface area contributed by atoms with Crippen molar-refractivity contribution in [2.45, 2.75) is 193 Å². The van der Waals surface area contributed by atoms with Crippen LogP contribution in [-0.2, 0) is 91.5 Å². The first-order chi connectivity index (χ1) is 50.4. The van der Waals surface area contributed by atoms with Crippen LogP contribution in [0.4, 0.5) is 0 Å². The zero-order valence-electron chi connectivity index (χ0n) is 64.7. The molecular weight excluding hydrogens is 1390 g/mol. The highest BCUT2D eigenvalue weighted by molar-refractivity contribution is 7.94. The summed E-state index contributed by atoms with van der Waals surface area (Å²) in [6.07, 6.45) is -2.55. The van der Waals surface area contributed by atoms with Crippen LogP contribution in [0.2, 0.25) is 0 Å². The van der Waals surface area contributed by atoms with Crippen LogP contribution in [-0.4, -0.2) is 233 Å². The lowest BCUT2D eigenvalue weighted by molar-refractivity contribution is -0.150. The summed E-state index contributed by atoms with van der Waals surface area (Å²) < 4.78 is 5.52. The molecule has 29 heteroatoms. The summed E-state index contributed by atoms with van der Waals surface area (Å²) in [5.74, 6) is -12.0. The fourth-order valence-corrected chi connectivity index (χ4v) is 12.5. The van der Waals surface area contributed by atoms with Crippen molar-refractivity contribution < 1.29 is 76.7 Å². The molecule has 0 saturated heterocycles. The smallest absolute Gasteiger partial charge is 0.325 e. The summed E-state index contributed by atoms with van der Waals surface area (Å²) in [6, 6.07) is 20.3. The Hall–Kier alpha value is -9.74. The van der Waals surface area contributed by atoms with Crippen LogP contribution in [0.1, 0.15) is 118 Å². The summed E-state index contributed by atoms with van der Waals surface area (Å²) in [7, 11) is 8.35. The van der Waals surface area contributed by atoms with Crippen LogP contribution in [0.3, 0.4) is 0 Å². The molecule has 4 rings (SSSR count). The van der Waals surface area contributed by atoms with Crippen LogP contribution < -0.4 is 37.2 Å². The van der Waals surface area contributed by atoms with Crippen molar-refractivity contribution in [3.05, 3.63) is 144 Å². The third kappa shape index (κ3) is 27.8. The average Bonchev–Trinajstić information content (AvgIpc) is 0.828. The van der Waals surface area contributed by atoms with Crippen LogP contribution in [0.15, 0.2) is 121 Å². The second kappa shape index (κ2) is 43.8. The molecule has 0 aliphatic heterocycles. The van der Waals surface area contributed by atoms with E-state index in [1.54, 1.807) is 145 Å². The third-order valence-electron chi connectivity index (χ3n) is 18.5. The molecule has 4 aromatic rings. The van der Waals surface area contributed by atoms with Gasteiger partial charge in [0.15, 0.2) is 0 Å². The number of hydrogen-bond acceptors (Lipinski definition) is 17. The molecule has 12 atom stereocenters. The van der Waals surface area contributed by atoms with E-state index in [1.807, 2.05) is 45.9 Å². The second-order valence-electron chi connectivity index (χ2n) is 28.7. The van der Waals surface area contributed by atoms with E-state index >= 15 is 14.4 Å².